The molecule has 0 heterocycles. The smallest absolute Gasteiger partial charge is 0.243 e. The first-order chi connectivity index (χ1) is 17.5. The molecule has 7 nitrogen and oxygen atoms in total. The van der Waals surface area contributed by atoms with Crippen molar-refractivity contribution in [2.45, 2.75) is 69.0 Å². The lowest BCUT2D eigenvalue weighted by atomic mass is 9.95. The van der Waals surface area contributed by atoms with E-state index in [2.05, 4.69) is 5.32 Å². The normalized spacial score (nSPS) is 15.4. The van der Waals surface area contributed by atoms with E-state index in [1.54, 1.807) is 18.2 Å². The largest absolute Gasteiger partial charge is 0.352 e. The predicted molar refractivity (Wildman–Crippen MR) is 147 cm³/mol. The van der Waals surface area contributed by atoms with E-state index in [9.17, 15) is 18.0 Å². The van der Waals surface area contributed by atoms with Crippen LogP contribution in [0.4, 0.5) is 0 Å². The molecule has 2 amide bonds. The maximum absolute atomic E-state index is 13.6. The molecule has 37 heavy (non-hydrogen) atoms. The van der Waals surface area contributed by atoms with Gasteiger partial charge < -0.3 is 10.2 Å². The number of halogens is 3. The Balaban J connectivity index is 1.85. The van der Waals surface area contributed by atoms with Crippen LogP contribution in [0, 0.1) is 0 Å². The lowest BCUT2D eigenvalue weighted by Crippen LogP contribution is -2.53. The molecular weight excluding hydrogens is 557 g/mol. The fraction of sp³-hybridized carbons (Fsp3) is 0.462. The highest BCUT2D eigenvalue weighted by atomic mass is 35.5. The molecule has 1 N–H and O–H groups in total. The van der Waals surface area contributed by atoms with Gasteiger partial charge in [0.25, 0.3) is 0 Å². The highest BCUT2D eigenvalue weighted by molar-refractivity contribution is 7.89. The Hall–Kier alpha value is -1.84. The number of likely N-dealkylation sites (N-methyl/N-ethyl adjacent to an activating group) is 1. The molecule has 0 aliphatic heterocycles. The number of nitrogens with one attached hydrogen (secondary N) is 1. The van der Waals surface area contributed by atoms with E-state index in [1.807, 2.05) is 6.92 Å². The van der Waals surface area contributed by atoms with Gasteiger partial charge in [-0.2, -0.15) is 4.31 Å². The van der Waals surface area contributed by atoms with Gasteiger partial charge in [0.2, 0.25) is 21.8 Å². The summed E-state index contributed by atoms with van der Waals surface area (Å²) in [5.41, 5.74) is 0.676. The number of sulfonamides is 1. The van der Waals surface area contributed by atoms with E-state index >= 15 is 0 Å². The molecule has 0 saturated heterocycles. The molecule has 1 atom stereocenters. The first-order valence-corrected chi connectivity index (χ1v) is 14.9. The average molecular weight is 589 g/mol. The third-order valence-electron chi connectivity index (χ3n) is 6.55. The Morgan fingerprint density at radius 2 is 1.65 bits per heavy atom. The molecule has 202 valence electrons. The molecule has 1 fully saturated rings. The Bertz CT molecular complexity index is 1200. The molecule has 1 aliphatic carbocycles. The van der Waals surface area contributed by atoms with E-state index in [4.69, 9.17) is 34.8 Å². The third kappa shape index (κ3) is 7.83. The minimum absolute atomic E-state index is 0.0188. The van der Waals surface area contributed by atoms with Crippen molar-refractivity contribution in [3.63, 3.8) is 0 Å². The first kappa shape index (κ1) is 29.7. The van der Waals surface area contributed by atoms with Crippen molar-refractivity contribution in [3.05, 3.63) is 63.1 Å². The number of nitrogens with zero attached hydrogens (tertiary/aromatic N) is 2. The monoisotopic (exact) mass is 587 g/mol. The van der Waals surface area contributed by atoms with Gasteiger partial charge in [-0.3, -0.25) is 9.59 Å². The maximum atomic E-state index is 13.6. The van der Waals surface area contributed by atoms with Crippen LogP contribution in [0.2, 0.25) is 15.1 Å². The van der Waals surface area contributed by atoms with Crippen LogP contribution in [0.3, 0.4) is 0 Å². The molecule has 0 radical (unpaired) electrons. The molecule has 0 aromatic heterocycles. The molecular formula is C26H32Cl3N3O4S. The number of benzene rings is 2. The van der Waals surface area contributed by atoms with Gasteiger partial charge in [-0.25, -0.2) is 8.42 Å². The Morgan fingerprint density at radius 3 is 2.24 bits per heavy atom. The Labute approximate surface area is 234 Å². The summed E-state index contributed by atoms with van der Waals surface area (Å²) in [7, 11) is -2.62. The molecule has 3 rings (SSSR count). The lowest BCUT2D eigenvalue weighted by Gasteiger charge is -2.33. The van der Waals surface area contributed by atoms with Crippen LogP contribution in [0.25, 0.3) is 0 Å². The van der Waals surface area contributed by atoms with Crippen molar-refractivity contribution in [2.75, 3.05) is 13.6 Å². The zero-order valence-electron chi connectivity index (χ0n) is 20.9. The van der Waals surface area contributed by atoms with E-state index in [0.717, 1.165) is 36.4 Å². The van der Waals surface area contributed by atoms with Gasteiger partial charge in [0, 0.05) is 24.7 Å². The summed E-state index contributed by atoms with van der Waals surface area (Å²) in [6.07, 6.45) is 5.44. The standard InChI is InChI=1S/C26H32Cl3N3O4S/c1-3-24(26(34)30-20-7-5-4-6-8-20)32(16-18-9-14-22(28)23(29)15-18)25(33)17-31(2)37(35,36)21-12-10-19(27)11-13-21/h9-15,20,24H,3-8,16-17H2,1-2H3,(H,30,34). The van der Waals surface area contributed by atoms with Gasteiger partial charge in [0.05, 0.1) is 21.5 Å². The molecule has 1 aliphatic rings. The Kier molecular flexibility index (Phi) is 10.7. The van der Waals surface area contributed by atoms with E-state index in [1.165, 1.54) is 36.2 Å². The first-order valence-electron chi connectivity index (χ1n) is 12.3. The van der Waals surface area contributed by atoms with Crippen molar-refractivity contribution >= 4 is 56.6 Å². The Morgan fingerprint density at radius 1 is 1.00 bits per heavy atom. The van der Waals surface area contributed by atoms with Crippen LogP contribution in [0.15, 0.2) is 47.4 Å². The minimum atomic E-state index is -3.96. The van der Waals surface area contributed by atoms with Gasteiger partial charge in [0.1, 0.15) is 6.04 Å². The highest BCUT2D eigenvalue weighted by Gasteiger charge is 2.33. The zero-order chi connectivity index (χ0) is 27.2. The summed E-state index contributed by atoms with van der Waals surface area (Å²) in [6.45, 7) is 1.45. The van der Waals surface area contributed by atoms with Gasteiger partial charge in [-0.05, 0) is 61.2 Å². The summed E-state index contributed by atoms with van der Waals surface area (Å²) in [6, 6.07) is 10.0. The van der Waals surface area contributed by atoms with Gasteiger partial charge in [0.15, 0.2) is 0 Å². The molecule has 0 bridgehead atoms. The molecule has 1 unspecified atom stereocenters. The number of carbonyl (C=O) groups is 2. The van der Waals surface area contributed by atoms with Crippen molar-refractivity contribution in [2.24, 2.45) is 0 Å². The van der Waals surface area contributed by atoms with Gasteiger partial charge >= 0.3 is 0 Å². The topological polar surface area (TPSA) is 86.8 Å². The quantitative estimate of drug-likeness (QED) is 0.396. The number of amides is 2. The fourth-order valence-corrected chi connectivity index (χ4v) is 6.02. The summed E-state index contributed by atoms with van der Waals surface area (Å²) in [5.74, 6) is -0.747. The number of hydrogen-bond donors (Lipinski definition) is 1. The van der Waals surface area contributed by atoms with Crippen LogP contribution in [0.1, 0.15) is 51.0 Å². The highest BCUT2D eigenvalue weighted by Crippen LogP contribution is 2.25. The van der Waals surface area contributed by atoms with Crippen molar-refractivity contribution in [3.8, 4) is 0 Å². The molecule has 11 heteroatoms. The van der Waals surface area contributed by atoms with Crippen molar-refractivity contribution in [1.82, 2.24) is 14.5 Å². The summed E-state index contributed by atoms with van der Waals surface area (Å²) in [5, 5.41) is 4.21. The van der Waals surface area contributed by atoms with E-state index < -0.39 is 28.5 Å². The van der Waals surface area contributed by atoms with Gasteiger partial charge in [-0.1, -0.05) is 67.1 Å². The maximum Gasteiger partial charge on any atom is 0.243 e. The molecule has 1 saturated carbocycles. The lowest BCUT2D eigenvalue weighted by molar-refractivity contribution is -0.141. The van der Waals surface area contributed by atoms with E-state index in [0.29, 0.717) is 27.1 Å². The van der Waals surface area contributed by atoms with Crippen LogP contribution in [-0.4, -0.2) is 55.1 Å². The molecule has 0 spiro atoms. The fourth-order valence-electron chi connectivity index (χ4n) is 4.45. The van der Waals surface area contributed by atoms with Crippen LogP contribution >= 0.6 is 34.8 Å². The average Bonchev–Trinajstić information content (AvgIpc) is 2.86. The summed E-state index contributed by atoms with van der Waals surface area (Å²) >= 11 is 18.1. The zero-order valence-corrected chi connectivity index (χ0v) is 24.0. The number of hydrogen-bond acceptors (Lipinski definition) is 4. The SMILES string of the molecule is CCC(C(=O)NC1CCCCC1)N(Cc1ccc(Cl)c(Cl)c1)C(=O)CN(C)S(=O)(=O)c1ccc(Cl)cc1. The van der Waals surface area contributed by atoms with Crippen LogP contribution in [0.5, 0.6) is 0 Å². The molecule has 2 aromatic rings. The second-order valence-electron chi connectivity index (χ2n) is 9.25. The van der Waals surface area contributed by atoms with Crippen LogP contribution < -0.4 is 5.32 Å². The number of carbonyl (C=O) groups excluding carboxylic acids is 2. The summed E-state index contributed by atoms with van der Waals surface area (Å²) < 4.78 is 27.1. The van der Waals surface area contributed by atoms with Crippen LogP contribution in [-0.2, 0) is 26.2 Å². The van der Waals surface area contributed by atoms with Crippen molar-refractivity contribution < 1.29 is 18.0 Å². The third-order valence-corrected chi connectivity index (χ3v) is 9.36. The predicted octanol–water partition coefficient (Wildman–Crippen LogP) is 5.52. The molecule has 2 aromatic carbocycles. The van der Waals surface area contributed by atoms with E-state index in [-0.39, 0.29) is 23.4 Å². The second kappa shape index (κ2) is 13.3. The number of rotatable bonds is 10. The minimum Gasteiger partial charge on any atom is -0.352 e. The van der Waals surface area contributed by atoms with Crippen molar-refractivity contribution in [1.29, 1.82) is 0 Å². The summed E-state index contributed by atoms with van der Waals surface area (Å²) in [4.78, 5) is 28.4. The second-order valence-corrected chi connectivity index (χ2v) is 12.5. The van der Waals surface area contributed by atoms with Gasteiger partial charge in [-0.15, -0.1) is 0 Å².